The average molecular weight is 280 g/mol. The average Bonchev–Trinajstić information content (AvgIpc) is 2.40. The van der Waals surface area contributed by atoms with Crippen molar-refractivity contribution in [2.75, 3.05) is 18.9 Å². The van der Waals surface area contributed by atoms with Crippen molar-refractivity contribution in [2.45, 2.75) is 32.6 Å². The molecule has 0 bridgehead atoms. The van der Waals surface area contributed by atoms with Crippen LogP contribution in [0.3, 0.4) is 0 Å². The molecule has 106 valence electrons. The molecule has 0 unspecified atom stereocenters. The van der Waals surface area contributed by atoms with Gasteiger partial charge in [-0.3, -0.25) is 4.79 Å². The van der Waals surface area contributed by atoms with E-state index in [9.17, 15) is 4.79 Å². The maximum Gasteiger partial charge on any atom is 0.224 e. The highest BCUT2D eigenvalue weighted by molar-refractivity contribution is 7.78. The van der Waals surface area contributed by atoms with Crippen LogP contribution >= 0.6 is 12.2 Å². The maximum absolute atomic E-state index is 11.5. The van der Waals surface area contributed by atoms with E-state index < -0.39 is 0 Å². The Morgan fingerprint density at radius 1 is 1.21 bits per heavy atom. The highest BCUT2D eigenvalue weighted by Gasteiger charge is 2.00. The van der Waals surface area contributed by atoms with E-state index in [1.807, 2.05) is 44.3 Å². The molecule has 0 aromatic heterocycles. The molecule has 0 aliphatic heterocycles. The zero-order valence-corrected chi connectivity index (χ0v) is 12.6. The Labute approximate surface area is 121 Å². The third-order valence-electron chi connectivity index (χ3n) is 2.39. The number of benzene rings is 1. The van der Waals surface area contributed by atoms with Crippen molar-refractivity contribution in [3.05, 3.63) is 30.3 Å². The number of anilines is 1. The summed E-state index contributed by atoms with van der Waals surface area (Å²) < 4.78 is 0. The number of rotatable bonds is 7. The molecule has 0 saturated heterocycles. The lowest BCUT2D eigenvalue weighted by Crippen LogP contribution is -2.11. The molecule has 3 nitrogen and oxygen atoms in total. The summed E-state index contributed by atoms with van der Waals surface area (Å²) in [5.74, 6) is 0.107. The molecular formula is C15H24N2OS. The molecule has 0 radical (unpaired) electrons. The fourth-order valence-electron chi connectivity index (χ4n) is 1.51. The van der Waals surface area contributed by atoms with Gasteiger partial charge in [-0.1, -0.05) is 36.8 Å². The summed E-state index contributed by atoms with van der Waals surface area (Å²) in [7, 11) is 1.95. The zero-order valence-electron chi connectivity index (χ0n) is 11.8. The van der Waals surface area contributed by atoms with E-state index in [1.165, 1.54) is 0 Å². The highest BCUT2D eigenvalue weighted by atomic mass is 32.1. The number of hydrogen-bond acceptors (Lipinski definition) is 3. The van der Waals surface area contributed by atoms with Gasteiger partial charge in [0, 0.05) is 12.1 Å². The van der Waals surface area contributed by atoms with Gasteiger partial charge in [-0.15, -0.1) is 0 Å². The molecule has 1 amide bonds. The largest absolute Gasteiger partial charge is 0.326 e. The highest BCUT2D eigenvalue weighted by Crippen LogP contribution is 2.07. The van der Waals surface area contributed by atoms with Gasteiger partial charge >= 0.3 is 0 Å². The van der Waals surface area contributed by atoms with Crippen LogP contribution in [0, 0.1) is 0 Å². The first-order valence-electron chi connectivity index (χ1n) is 6.63. The quantitative estimate of drug-likeness (QED) is 0.594. The molecule has 0 aliphatic rings. The number of nitrogens with one attached hydrogen (secondary N) is 2. The van der Waals surface area contributed by atoms with Crippen LogP contribution in [0.1, 0.15) is 32.6 Å². The fraction of sp³-hybridized carbons (Fsp3) is 0.467. The van der Waals surface area contributed by atoms with E-state index in [1.54, 1.807) is 5.37 Å². The minimum Gasteiger partial charge on any atom is -0.326 e. The van der Waals surface area contributed by atoms with Crippen molar-refractivity contribution in [3.63, 3.8) is 0 Å². The second kappa shape index (κ2) is 13.2. The van der Waals surface area contributed by atoms with Crippen molar-refractivity contribution in [1.82, 2.24) is 5.32 Å². The third-order valence-corrected chi connectivity index (χ3v) is 2.39. The van der Waals surface area contributed by atoms with Crippen LogP contribution in [0.4, 0.5) is 5.69 Å². The number of thiocarbonyl (C=S) groups is 1. The van der Waals surface area contributed by atoms with E-state index >= 15 is 0 Å². The summed E-state index contributed by atoms with van der Waals surface area (Å²) in [4.78, 5) is 11.5. The first-order chi connectivity index (χ1) is 9.24. The van der Waals surface area contributed by atoms with Crippen molar-refractivity contribution in [2.24, 2.45) is 0 Å². The van der Waals surface area contributed by atoms with Gasteiger partial charge in [-0.2, -0.15) is 0 Å². The van der Waals surface area contributed by atoms with Crippen LogP contribution < -0.4 is 10.6 Å². The van der Waals surface area contributed by atoms with Gasteiger partial charge in [0.05, 0.1) is 0 Å². The normalized spacial score (nSPS) is 9.16. The van der Waals surface area contributed by atoms with Crippen LogP contribution in [-0.4, -0.2) is 24.9 Å². The molecule has 0 saturated carbocycles. The summed E-state index contributed by atoms with van der Waals surface area (Å²) in [6.07, 6.45) is 3.80. The Hall–Kier alpha value is -1.26. The summed E-state index contributed by atoms with van der Waals surface area (Å²) in [6, 6.07) is 9.58. The number of hydrogen-bond donors (Lipinski definition) is 2. The van der Waals surface area contributed by atoms with E-state index in [0.717, 1.165) is 31.5 Å². The van der Waals surface area contributed by atoms with Crippen LogP contribution in [0.25, 0.3) is 0 Å². The van der Waals surface area contributed by atoms with Crippen molar-refractivity contribution >= 4 is 29.2 Å². The van der Waals surface area contributed by atoms with Crippen LogP contribution in [0.5, 0.6) is 0 Å². The first kappa shape index (κ1) is 17.7. The monoisotopic (exact) mass is 280 g/mol. The third kappa shape index (κ3) is 11.6. The number of carbonyl (C=O) groups is 1. The van der Waals surface area contributed by atoms with Crippen LogP contribution in [0.15, 0.2) is 30.3 Å². The SMILES string of the molecule is CC=S.CNCCCCCC(=O)Nc1ccccc1. The second-order valence-electron chi connectivity index (χ2n) is 4.06. The Balaban J connectivity index is 0.000000982. The van der Waals surface area contributed by atoms with Gasteiger partial charge in [-0.25, -0.2) is 0 Å². The molecular weight excluding hydrogens is 256 g/mol. The molecule has 1 rings (SSSR count). The van der Waals surface area contributed by atoms with Crippen molar-refractivity contribution in [3.8, 4) is 0 Å². The van der Waals surface area contributed by atoms with Crippen molar-refractivity contribution in [1.29, 1.82) is 0 Å². The van der Waals surface area contributed by atoms with Gasteiger partial charge in [-0.05, 0) is 50.9 Å². The molecule has 1 aromatic rings. The lowest BCUT2D eigenvalue weighted by molar-refractivity contribution is -0.116. The number of unbranched alkanes of at least 4 members (excludes halogenated alkanes) is 2. The Morgan fingerprint density at radius 3 is 2.42 bits per heavy atom. The first-order valence-corrected chi connectivity index (χ1v) is 7.11. The van der Waals surface area contributed by atoms with Gasteiger partial charge < -0.3 is 10.6 Å². The Bertz CT molecular complexity index is 341. The zero-order chi connectivity index (χ0) is 14.3. The summed E-state index contributed by atoms with van der Waals surface area (Å²) in [5.41, 5.74) is 0.878. The Morgan fingerprint density at radius 2 is 1.84 bits per heavy atom. The molecule has 0 heterocycles. The van der Waals surface area contributed by atoms with E-state index in [-0.39, 0.29) is 5.91 Å². The predicted molar refractivity (Wildman–Crippen MR) is 86.8 cm³/mol. The lowest BCUT2D eigenvalue weighted by atomic mass is 10.2. The van der Waals surface area contributed by atoms with Gasteiger partial charge in [0.1, 0.15) is 0 Å². The van der Waals surface area contributed by atoms with Gasteiger partial charge in [0.25, 0.3) is 0 Å². The lowest BCUT2D eigenvalue weighted by Gasteiger charge is -2.04. The van der Waals surface area contributed by atoms with Gasteiger partial charge in [0.2, 0.25) is 5.91 Å². The van der Waals surface area contributed by atoms with E-state index in [4.69, 9.17) is 0 Å². The molecule has 19 heavy (non-hydrogen) atoms. The summed E-state index contributed by atoms with van der Waals surface area (Å²) in [6.45, 7) is 2.84. The molecule has 2 N–H and O–H groups in total. The van der Waals surface area contributed by atoms with Crippen LogP contribution in [0.2, 0.25) is 0 Å². The summed E-state index contributed by atoms with van der Waals surface area (Å²) in [5, 5.41) is 7.56. The maximum atomic E-state index is 11.5. The predicted octanol–water partition coefficient (Wildman–Crippen LogP) is 3.41. The minimum atomic E-state index is 0.107. The molecule has 0 spiro atoms. The number of carbonyl (C=O) groups excluding carboxylic acids is 1. The smallest absolute Gasteiger partial charge is 0.224 e. The minimum absolute atomic E-state index is 0.107. The number of amides is 1. The molecule has 1 aromatic carbocycles. The van der Waals surface area contributed by atoms with Crippen molar-refractivity contribution < 1.29 is 4.79 Å². The number of para-hydroxylation sites is 1. The topological polar surface area (TPSA) is 41.1 Å². The van der Waals surface area contributed by atoms with Crippen LogP contribution in [-0.2, 0) is 4.79 Å². The second-order valence-corrected chi connectivity index (χ2v) is 4.54. The molecule has 0 fully saturated rings. The summed E-state index contributed by atoms with van der Waals surface area (Å²) >= 11 is 4.27. The molecule has 0 aliphatic carbocycles. The standard InChI is InChI=1S/C13H20N2O.C2H4S/c1-14-11-7-3-6-10-13(16)15-12-8-4-2-5-9-12;1-2-3/h2,4-5,8-9,14H,3,6-7,10-11H2,1H3,(H,15,16);2H,1H3. The van der Waals surface area contributed by atoms with Gasteiger partial charge in [0.15, 0.2) is 0 Å². The fourth-order valence-corrected chi connectivity index (χ4v) is 1.51. The molecule has 4 heteroatoms. The van der Waals surface area contributed by atoms with E-state index in [0.29, 0.717) is 6.42 Å². The Kier molecular flexibility index (Phi) is 12.3. The molecule has 0 atom stereocenters. The van der Waals surface area contributed by atoms with E-state index in [2.05, 4.69) is 22.9 Å².